The van der Waals surface area contributed by atoms with Crippen LogP contribution in [0.2, 0.25) is 0 Å². The van der Waals surface area contributed by atoms with E-state index in [4.69, 9.17) is 4.42 Å². The van der Waals surface area contributed by atoms with Crippen molar-refractivity contribution in [3.63, 3.8) is 0 Å². The van der Waals surface area contributed by atoms with Crippen molar-refractivity contribution in [1.29, 1.82) is 0 Å². The van der Waals surface area contributed by atoms with Gasteiger partial charge in [0, 0.05) is 17.5 Å². The van der Waals surface area contributed by atoms with Crippen molar-refractivity contribution in [3.8, 4) is 0 Å². The van der Waals surface area contributed by atoms with Crippen LogP contribution < -0.4 is 9.80 Å². The average molecular weight is 348 g/mol. The topological polar surface area (TPSA) is 22.0 Å². The highest BCUT2D eigenvalue weighted by Gasteiger charge is 2.39. The van der Waals surface area contributed by atoms with Gasteiger partial charge >= 0.3 is 0 Å². The van der Waals surface area contributed by atoms with Crippen LogP contribution in [0.1, 0.15) is 35.2 Å². The molecule has 0 spiro atoms. The lowest BCUT2D eigenvalue weighted by molar-refractivity contribution is -1.16. The largest absolute Gasteiger partial charge is 0.454 e. The monoisotopic (exact) mass is 348 g/mol. The van der Waals surface area contributed by atoms with Crippen molar-refractivity contribution in [2.45, 2.75) is 32.6 Å². The van der Waals surface area contributed by atoms with E-state index in [1.165, 1.54) is 30.6 Å². The fourth-order valence-corrected chi connectivity index (χ4v) is 4.23. The molecule has 26 heavy (non-hydrogen) atoms. The minimum Gasteiger partial charge on any atom is -0.454 e. The lowest BCUT2D eigenvalue weighted by Gasteiger charge is -2.37. The van der Waals surface area contributed by atoms with E-state index in [-0.39, 0.29) is 0 Å². The van der Waals surface area contributed by atoms with Crippen molar-refractivity contribution in [1.82, 2.24) is 0 Å². The van der Waals surface area contributed by atoms with Gasteiger partial charge in [0.15, 0.2) is 0 Å². The molecule has 3 nitrogen and oxygen atoms in total. The molecule has 0 aliphatic carbocycles. The molecule has 2 aromatic carbocycles. The fraction of sp³-hybridized carbons (Fsp3) is 0.304. The molecular formula is C23H28N2O+2. The standard InChI is InChI=1S/C23H26N2O/c1-19-13-14-22(26-19)23-24(17-20-9-4-2-5-10-20)15-8-16-25(23)18-21-11-6-3-7-12-21/h2-7,9-14,23H,8,15-18H2,1H3/p+2. The summed E-state index contributed by atoms with van der Waals surface area (Å²) >= 11 is 0. The zero-order chi connectivity index (χ0) is 17.8. The minimum absolute atomic E-state index is 0.345. The Kier molecular flexibility index (Phi) is 5.19. The summed E-state index contributed by atoms with van der Waals surface area (Å²) in [6, 6.07) is 26.0. The van der Waals surface area contributed by atoms with Crippen molar-refractivity contribution >= 4 is 0 Å². The first-order valence-corrected chi connectivity index (χ1v) is 9.63. The van der Waals surface area contributed by atoms with Gasteiger partial charge in [0.2, 0.25) is 5.76 Å². The second-order valence-corrected chi connectivity index (χ2v) is 7.38. The van der Waals surface area contributed by atoms with Crippen LogP contribution in [-0.4, -0.2) is 13.1 Å². The van der Waals surface area contributed by atoms with Crippen molar-refractivity contribution in [3.05, 3.63) is 95.4 Å². The molecule has 3 heteroatoms. The number of nitrogens with one attached hydrogen (secondary N) is 2. The Bertz CT molecular complexity index is 763. The van der Waals surface area contributed by atoms with Gasteiger partial charge in [-0.15, -0.1) is 0 Å². The molecule has 0 radical (unpaired) electrons. The Balaban J connectivity index is 1.61. The summed E-state index contributed by atoms with van der Waals surface area (Å²) in [4.78, 5) is 3.20. The SMILES string of the molecule is Cc1ccc(C2[NH+](Cc3ccccc3)CCC[NH+]2Cc2ccccc2)o1. The number of benzene rings is 2. The third kappa shape index (κ3) is 3.90. The van der Waals surface area contributed by atoms with Crippen LogP contribution >= 0.6 is 0 Å². The first kappa shape index (κ1) is 17.1. The Morgan fingerprint density at radius 1 is 0.769 bits per heavy atom. The second-order valence-electron chi connectivity index (χ2n) is 7.38. The third-order valence-electron chi connectivity index (χ3n) is 5.41. The number of furan rings is 1. The molecule has 1 aliphatic rings. The molecule has 1 aliphatic heterocycles. The van der Waals surface area contributed by atoms with Crippen LogP contribution in [0.15, 0.2) is 77.2 Å². The van der Waals surface area contributed by atoms with E-state index in [0.29, 0.717) is 6.17 Å². The molecule has 2 atom stereocenters. The van der Waals surface area contributed by atoms with E-state index in [1.807, 2.05) is 6.92 Å². The molecule has 1 saturated heterocycles. The van der Waals surface area contributed by atoms with E-state index in [2.05, 4.69) is 72.8 Å². The first-order valence-electron chi connectivity index (χ1n) is 9.63. The van der Waals surface area contributed by atoms with Crippen LogP contribution in [-0.2, 0) is 13.1 Å². The number of hydrogen-bond acceptors (Lipinski definition) is 1. The van der Waals surface area contributed by atoms with E-state index >= 15 is 0 Å². The van der Waals surface area contributed by atoms with Gasteiger partial charge in [0.25, 0.3) is 6.17 Å². The molecule has 4 rings (SSSR count). The van der Waals surface area contributed by atoms with Crippen molar-refractivity contribution in [2.24, 2.45) is 0 Å². The van der Waals surface area contributed by atoms with Gasteiger partial charge in [-0.1, -0.05) is 60.7 Å². The fourth-order valence-electron chi connectivity index (χ4n) is 4.23. The Morgan fingerprint density at radius 2 is 1.31 bits per heavy atom. The predicted molar refractivity (Wildman–Crippen MR) is 103 cm³/mol. The molecule has 0 bridgehead atoms. The van der Waals surface area contributed by atoms with Crippen LogP contribution in [0.5, 0.6) is 0 Å². The highest BCUT2D eigenvalue weighted by Crippen LogP contribution is 2.12. The van der Waals surface area contributed by atoms with Gasteiger partial charge in [0.05, 0.1) is 13.1 Å². The molecule has 134 valence electrons. The number of aryl methyl sites for hydroxylation is 1. The minimum atomic E-state index is 0.345. The molecule has 0 amide bonds. The molecular weight excluding hydrogens is 320 g/mol. The van der Waals surface area contributed by atoms with E-state index in [0.717, 1.165) is 24.6 Å². The predicted octanol–water partition coefficient (Wildman–Crippen LogP) is 2.16. The Labute approximate surface area is 155 Å². The number of quaternary nitrogens is 2. The quantitative estimate of drug-likeness (QED) is 0.725. The maximum atomic E-state index is 6.12. The highest BCUT2D eigenvalue weighted by molar-refractivity contribution is 5.14. The van der Waals surface area contributed by atoms with Gasteiger partial charge in [-0.05, 0) is 19.1 Å². The van der Waals surface area contributed by atoms with Gasteiger partial charge in [0.1, 0.15) is 18.8 Å². The molecule has 0 saturated carbocycles. The smallest absolute Gasteiger partial charge is 0.273 e. The average Bonchev–Trinajstić information content (AvgIpc) is 3.09. The van der Waals surface area contributed by atoms with Gasteiger partial charge < -0.3 is 4.42 Å². The molecule has 2 heterocycles. The number of rotatable bonds is 5. The summed E-state index contributed by atoms with van der Waals surface area (Å²) in [7, 11) is 0. The van der Waals surface area contributed by atoms with Crippen molar-refractivity contribution < 1.29 is 14.2 Å². The Hall–Kier alpha value is -2.36. The maximum absolute atomic E-state index is 6.12. The zero-order valence-electron chi connectivity index (χ0n) is 15.4. The lowest BCUT2D eigenvalue weighted by Crippen LogP contribution is -3.32. The van der Waals surface area contributed by atoms with Crippen LogP contribution in [0.4, 0.5) is 0 Å². The summed E-state index contributed by atoms with van der Waals surface area (Å²) in [5.41, 5.74) is 2.80. The summed E-state index contributed by atoms with van der Waals surface area (Å²) in [6.07, 6.45) is 1.60. The van der Waals surface area contributed by atoms with Crippen LogP contribution in [0.25, 0.3) is 0 Å². The third-order valence-corrected chi connectivity index (χ3v) is 5.41. The van der Waals surface area contributed by atoms with E-state index in [9.17, 15) is 0 Å². The first-order chi connectivity index (χ1) is 12.8. The summed E-state index contributed by atoms with van der Waals surface area (Å²) in [5, 5.41) is 0. The number of hydrogen-bond donors (Lipinski definition) is 2. The van der Waals surface area contributed by atoms with Gasteiger partial charge in [-0.3, -0.25) is 9.80 Å². The molecule has 3 aromatic rings. The lowest BCUT2D eigenvalue weighted by atomic mass is 10.1. The second kappa shape index (κ2) is 7.90. The van der Waals surface area contributed by atoms with Crippen LogP contribution in [0.3, 0.4) is 0 Å². The van der Waals surface area contributed by atoms with Gasteiger partial charge in [-0.25, -0.2) is 0 Å². The van der Waals surface area contributed by atoms with E-state index < -0.39 is 0 Å². The van der Waals surface area contributed by atoms with Crippen LogP contribution in [0, 0.1) is 6.92 Å². The summed E-state index contributed by atoms with van der Waals surface area (Å²) < 4.78 is 6.12. The summed E-state index contributed by atoms with van der Waals surface area (Å²) in [5.74, 6) is 2.13. The van der Waals surface area contributed by atoms with Crippen molar-refractivity contribution in [2.75, 3.05) is 13.1 Å². The maximum Gasteiger partial charge on any atom is 0.273 e. The molecule has 2 N–H and O–H groups in total. The normalized spacial score (nSPS) is 23.0. The Morgan fingerprint density at radius 3 is 1.77 bits per heavy atom. The molecule has 1 fully saturated rings. The zero-order valence-corrected chi connectivity index (χ0v) is 15.4. The highest BCUT2D eigenvalue weighted by atomic mass is 16.3. The summed E-state index contributed by atoms with van der Waals surface area (Å²) in [6.45, 7) is 6.52. The van der Waals surface area contributed by atoms with Gasteiger partial charge in [-0.2, -0.15) is 0 Å². The molecule has 1 aromatic heterocycles. The van der Waals surface area contributed by atoms with E-state index in [1.54, 1.807) is 9.80 Å². The molecule has 2 unspecified atom stereocenters.